The highest BCUT2D eigenvalue weighted by Gasteiger charge is 2.26. The third-order valence-electron chi connectivity index (χ3n) is 2.83. The van der Waals surface area contributed by atoms with Gasteiger partial charge in [-0.25, -0.2) is 0 Å². The molecule has 0 saturated carbocycles. The van der Waals surface area contributed by atoms with Crippen molar-refractivity contribution in [3.63, 3.8) is 0 Å². The fraction of sp³-hybridized carbons (Fsp3) is 0.533. The van der Waals surface area contributed by atoms with E-state index < -0.39 is 12.6 Å². The quantitative estimate of drug-likeness (QED) is 0.428. The van der Waals surface area contributed by atoms with Gasteiger partial charge >= 0.3 is 6.18 Å². The number of nitrogens with one attached hydrogen (secondary N) is 2. The number of rotatable bonds is 7. The van der Waals surface area contributed by atoms with Crippen molar-refractivity contribution in [1.82, 2.24) is 10.6 Å². The standard InChI is InChI=1S/C15H21BrF3N3/c1-2-20-14(22-10-8-15(17,18)19)21-9-4-6-12-5-3-7-13(16)11-12/h3,5,7,11H,2,4,6,8-10H2,1H3,(H2,20,21,22). The SMILES string of the molecule is CCNC(=NCCCc1cccc(Br)c1)NCCC(F)(F)F. The molecule has 0 amide bonds. The third kappa shape index (κ3) is 8.92. The molecule has 0 spiro atoms. The molecule has 0 fully saturated rings. The lowest BCUT2D eigenvalue weighted by atomic mass is 10.1. The molecule has 22 heavy (non-hydrogen) atoms. The lowest BCUT2D eigenvalue weighted by Gasteiger charge is -2.12. The van der Waals surface area contributed by atoms with Crippen LogP contribution in [0.5, 0.6) is 0 Å². The van der Waals surface area contributed by atoms with Gasteiger partial charge in [-0.1, -0.05) is 28.1 Å². The van der Waals surface area contributed by atoms with E-state index in [1.165, 1.54) is 5.56 Å². The molecule has 0 saturated heterocycles. The van der Waals surface area contributed by atoms with Crippen molar-refractivity contribution in [2.24, 2.45) is 4.99 Å². The lowest BCUT2D eigenvalue weighted by Crippen LogP contribution is -2.39. The molecule has 0 bridgehead atoms. The van der Waals surface area contributed by atoms with Gasteiger partial charge in [-0.3, -0.25) is 4.99 Å². The van der Waals surface area contributed by atoms with Crippen LogP contribution in [0.3, 0.4) is 0 Å². The number of alkyl halides is 3. The van der Waals surface area contributed by atoms with E-state index in [2.05, 4.69) is 37.6 Å². The maximum atomic E-state index is 12.1. The van der Waals surface area contributed by atoms with E-state index in [4.69, 9.17) is 0 Å². The number of benzene rings is 1. The fourth-order valence-corrected chi connectivity index (χ4v) is 2.28. The van der Waals surface area contributed by atoms with Crippen molar-refractivity contribution in [2.45, 2.75) is 32.4 Å². The molecule has 0 aliphatic carbocycles. The average Bonchev–Trinajstić information content (AvgIpc) is 2.42. The molecular weight excluding hydrogens is 359 g/mol. The summed E-state index contributed by atoms with van der Waals surface area (Å²) < 4.78 is 37.4. The maximum absolute atomic E-state index is 12.1. The number of hydrogen-bond donors (Lipinski definition) is 2. The van der Waals surface area contributed by atoms with Gasteiger partial charge in [0.2, 0.25) is 0 Å². The largest absolute Gasteiger partial charge is 0.390 e. The molecule has 0 atom stereocenters. The van der Waals surface area contributed by atoms with E-state index in [9.17, 15) is 13.2 Å². The van der Waals surface area contributed by atoms with Crippen LogP contribution in [0.25, 0.3) is 0 Å². The Morgan fingerprint density at radius 3 is 2.68 bits per heavy atom. The molecule has 7 heteroatoms. The smallest absolute Gasteiger partial charge is 0.357 e. The Hall–Kier alpha value is -1.24. The minimum atomic E-state index is -4.15. The first-order chi connectivity index (χ1) is 10.4. The molecule has 124 valence electrons. The normalized spacial score (nSPS) is 12.3. The van der Waals surface area contributed by atoms with Crippen LogP contribution in [-0.4, -0.2) is 31.8 Å². The summed E-state index contributed by atoms with van der Waals surface area (Å²) in [7, 11) is 0. The summed E-state index contributed by atoms with van der Waals surface area (Å²) in [6.07, 6.45) is -3.29. The van der Waals surface area contributed by atoms with Gasteiger partial charge in [0.15, 0.2) is 5.96 Å². The number of guanidine groups is 1. The molecule has 2 N–H and O–H groups in total. The predicted octanol–water partition coefficient (Wildman–Crippen LogP) is 3.89. The third-order valence-corrected chi connectivity index (χ3v) is 3.32. The van der Waals surface area contributed by atoms with Crippen LogP contribution in [0, 0.1) is 0 Å². The minimum Gasteiger partial charge on any atom is -0.357 e. The monoisotopic (exact) mass is 379 g/mol. The molecule has 0 aliphatic heterocycles. The second-order valence-corrected chi connectivity index (χ2v) is 5.70. The van der Waals surface area contributed by atoms with Crippen LogP contribution in [-0.2, 0) is 6.42 Å². The van der Waals surface area contributed by atoms with Crippen molar-refractivity contribution in [1.29, 1.82) is 0 Å². The van der Waals surface area contributed by atoms with Crippen molar-refractivity contribution in [3.05, 3.63) is 34.3 Å². The number of aliphatic imine (C=N–C) groups is 1. The summed E-state index contributed by atoms with van der Waals surface area (Å²) in [6, 6.07) is 8.04. The zero-order valence-electron chi connectivity index (χ0n) is 12.5. The Kier molecular flexibility index (Phi) is 8.30. The van der Waals surface area contributed by atoms with E-state index in [-0.39, 0.29) is 6.54 Å². The van der Waals surface area contributed by atoms with E-state index >= 15 is 0 Å². The van der Waals surface area contributed by atoms with E-state index in [0.29, 0.717) is 19.0 Å². The number of nitrogens with zero attached hydrogens (tertiary/aromatic N) is 1. The Morgan fingerprint density at radius 1 is 1.27 bits per heavy atom. The summed E-state index contributed by atoms with van der Waals surface area (Å²) in [5, 5.41) is 5.64. The summed E-state index contributed by atoms with van der Waals surface area (Å²) in [4.78, 5) is 4.29. The molecule has 0 aromatic heterocycles. The summed E-state index contributed by atoms with van der Waals surface area (Å²) >= 11 is 3.42. The molecule has 0 aliphatic rings. The summed E-state index contributed by atoms with van der Waals surface area (Å²) in [5.41, 5.74) is 1.21. The zero-order valence-corrected chi connectivity index (χ0v) is 14.1. The molecule has 1 aromatic rings. The first-order valence-electron chi connectivity index (χ1n) is 7.24. The van der Waals surface area contributed by atoms with Gasteiger partial charge in [0, 0.05) is 24.1 Å². The summed E-state index contributed by atoms with van der Waals surface area (Å²) in [5.74, 6) is 0.431. The minimum absolute atomic E-state index is 0.166. The highest BCUT2D eigenvalue weighted by molar-refractivity contribution is 9.10. The Labute approximate surface area is 137 Å². The van der Waals surface area contributed by atoms with Crippen molar-refractivity contribution < 1.29 is 13.2 Å². The Balaban J connectivity index is 2.35. The first kappa shape index (κ1) is 18.8. The Morgan fingerprint density at radius 2 is 2.05 bits per heavy atom. The van der Waals surface area contributed by atoms with Gasteiger partial charge in [0.05, 0.1) is 6.42 Å². The van der Waals surface area contributed by atoms with Crippen LogP contribution in [0.4, 0.5) is 13.2 Å². The highest BCUT2D eigenvalue weighted by Crippen LogP contribution is 2.18. The van der Waals surface area contributed by atoms with E-state index in [1.54, 1.807) is 0 Å². The van der Waals surface area contributed by atoms with Crippen molar-refractivity contribution in [2.75, 3.05) is 19.6 Å². The topological polar surface area (TPSA) is 36.4 Å². The van der Waals surface area contributed by atoms with Crippen LogP contribution in [0.15, 0.2) is 33.7 Å². The summed E-state index contributed by atoms with van der Waals surface area (Å²) in [6.45, 7) is 2.89. The van der Waals surface area contributed by atoms with Gasteiger partial charge in [0.1, 0.15) is 0 Å². The molecule has 3 nitrogen and oxygen atoms in total. The van der Waals surface area contributed by atoms with Gasteiger partial charge in [-0.05, 0) is 37.5 Å². The molecule has 1 rings (SSSR count). The van der Waals surface area contributed by atoms with Gasteiger partial charge in [0.25, 0.3) is 0 Å². The maximum Gasteiger partial charge on any atom is 0.390 e. The molecule has 0 unspecified atom stereocenters. The molecule has 1 aromatic carbocycles. The average molecular weight is 380 g/mol. The van der Waals surface area contributed by atoms with E-state index in [0.717, 1.165) is 17.3 Å². The van der Waals surface area contributed by atoms with Crippen LogP contribution in [0.2, 0.25) is 0 Å². The van der Waals surface area contributed by atoms with Crippen LogP contribution < -0.4 is 10.6 Å². The zero-order chi connectivity index (χ0) is 16.4. The van der Waals surface area contributed by atoms with Crippen molar-refractivity contribution >= 4 is 21.9 Å². The van der Waals surface area contributed by atoms with Gasteiger partial charge < -0.3 is 10.6 Å². The van der Waals surface area contributed by atoms with Crippen LogP contribution >= 0.6 is 15.9 Å². The molecule has 0 radical (unpaired) electrons. The number of aryl methyl sites for hydroxylation is 1. The van der Waals surface area contributed by atoms with Gasteiger partial charge in [-0.2, -0.15) is 13.2 Å². The second kappa shape index (κ2) is 9.71. The predicted molar refractivity (Wildman–Crippen MR) is 87.1 cm³/mol. The van der Waals surface area contributed by atoms with E-state index in [1.807, 2.05) is 25.1 Å². The molecular formula is C15H21BrF3N3. The fourth-order valence-electron chi connectivity index (χ4n) is 1.83. The first-order valence-corrected chi connectivity index (χ1v) is 8.03. The molecule has 0 heterocycles. The van der Waals surface area contributed by atoms with Crippen molar-refractivity contribution in [3.8, 4) is 0 Å². The van der Waals surface area contributed by atoms with Gasteiger partial charge in [-0.15, -0.1) is 0 Å². The highest BCUT2D eigenvalue weighted by atomic mass is 79.9. The van der Waals surface area contributed by atoms with Crippen LogP contribution in [0.1, 0.15) is 25.3 Å². The number of halogens is 4. The number of hydrogen-bond acceptors (Lipinski definition) is 1. The lowest BCUT2D eigenvalue weighted by molar-refractivity contribution is -0.132. The second-order valence-electron chi connectivity index (χ2n) is 4.79. The Bertz CT molecular complexity index is 475.